The first-order valence-corrected chi connectivity index (χ1v) is 8.82. The minimum atomic E-state index is -1.09. The molecular formula is C18H24N4O5. The van der Waals surface area contributed by atoms with Gasteiger partial charge in [-0.1, -0.05) is 6.07 Å². The van der Waals surface area contributed by atoms with E-state index in [4.69, 9.17) is 4.74 Å². The standard InChI is InChI=1S/C18H24N4O5/c1-18(2)16(25)21-17(26)22(18)9-13(24)20-15(11-6-12(23)7-11)10-4-5-14(27-3)19-8-10/h4-5,8,11-12,15,23H,6-7,9H2,1-3H3,(H,20,24)(H,21,25,26). The second-order valence-electron chi connectivity index (χ2n) is 7.47. The van der Waals surface area contributed by atoms with E-state index in [-0.39, 0.29) is 30.5 Å². The predicted molar refractivity (Wildman–Crippen MR) is 94.7 cm³/mol. The smallest absolute Gasteiger partial charge is 0.325 e. The molecule has 0 radical (unpaired) electrons. The molecular weight excluding hydrogens is 352 g/mol. The molecule has 4 amide bonds. The van der Waals surface area contributed by atoms with E-state index >= 15 is 0 Å². The number of nitrogens with one attached hydrogen (secondary N) is 2. The fourth-order valence-corrected chi connectivity index (χ4v) is 3.40. The number of urea groups is 1. The molecule has 1 saturated heterocycles. The molecule has 1 aromatic rings. The normalized spacial score (nSPS) is 24.8. The molecule has 1 unspecified atom stereocenters. The third-order valence-electron chi connectivity index (χ3n) is 5.26. The highest BCUT2D eigenvalue weighted by Crippen LogP contribution is 2.38. The molecule has 1 aromatic heterocycles. The van der Waals surface area contributed by atoms with Gasteiger partial charge in [0.2, 0.25) is 11.8 Å². The van der Waals surface area contributed by atoms with Gasteiger partial charge in [0.15, 0.2) is 0 Å². The molecule has 1 aliphatic carbocycles. The van der Waals surface area contributed by atoms with Crippen LogP contribution in [0.4, 0.5) is 4.79 Å². The number of nitrogens with zero attached hydrogens (tertiary/aromatic N) is 2. The molecule has 2 aliphatic rings. The Morgan fingerprint density at radius 3 is 2.63 bits per heavy atom. The van der Waals surface area contributed by atoms with Gasteiger partial charge in [-0.3, -0.25) is 14.9 Å². The second-order valence-corrected chi connectivity index (χ2v) is 7.47. The van der Waals surface area contributed by atoms with Crippen molar-refractivity contribution in [2.24, 2.45) is 5.92 Å². The lowest BCUT2D eigenvalue weighted by Gasteiger charge is -2.38. The summed E-state index contributed by atoms with van der Waals surface area (Å²) in [7, 11) is 1.52. The van der Waals surface area contributed by atoms with E-state index in [9.17, 15) is 19.5 Å². The van der Waals surface area contributed by atoms with Crippen LogP contribution in [0, 0.1) is 5.92 Å². The summed E-state index contributed by atoms with van der Waals surface area (Å²) in [6, 6.07) is 2.60. The van der Waals surface area contributed by atoms with Crippen LogP contribution in [-0.2, 0) is 9.59 Å². The van der Waals surface area contributed by atoms with Gasteiger partial charge in [-0.2, -0.15) is 0 Å². The third kappa shape index (κ3) is 3.73. The molecule has 2 fully saturated rings. The lowest BCUT2D eigenvalue weighted by Crippen LogP contribution is -2.50. The monoisotopic (exact) mass is 376 g/mol. The summed E-state index contributed by atoms with van der Waals surface area (Å²) in [4.78, 5) is 41.8. The average molecular weight is 376 g/mol. The van der Waals surface area contributed by atoms with Crippen molar-refractivity contribution >= 4 is 17.8 Å². The molecule has 0 aromatic carbocycles. The molecule has 0 bridgehead atoms. The van der Waals surface area contributed by atoms with Crippen molar-refractivity contribution in [2.45, 2.75) is 44.4 Å². The number of aliphatic hydroxyl groups is 1. The Kier molecular flexibility index (Phi) is 5.05. The fraction of sp³-hybridized carbons (Fsp3) is 0.556. The number of hydrogen-bond donors (Lipinski definition) is 3. The Bertz CT molecular complexity index is 743. The molecule has 2 heterocycles. The topological polar surface area (TPSA) is 121 Å². The van der Waals surface area contributed by atoms with Crippen molar-refractivity contribution in [1.82, 2.24) is 20.5 Å². The Morgan fingerprint density at radius 1 is 1.44 bits per heavy atom. The molecule has 9 heteroatoms. The number of pyridine rings is 1. The van der Waals surface area contributed by atoms with Crippen LogP contribution in [0.1, 0.15) is 38.3 Å². The third-order valence-corrected chi connectivity index (χ3v) is 5.26. The van der Waals surface area contributed by atoms with Crippen molar-refractivity contribution < 1.29 is 24.2 Å². The van der Waals surface area contributed by atoms with E-state index in [0.29, 0.717) is 18.7 Å². The summed E-state index contributed by atoms with van der Waals surface area (Å²) < 4.78 is 5.06. The van der Waals surface area contributed by atoms with Gasteiger partial charge in [0.25, 0.3) is 5.91 Å². The van der Waals surface area contributed by atoms with Crippen LogP contribution < -0.4 is 15.4 Å². The lowest BCUT2D eigenvalue weighted by atomic mass is 9.75. The summed E-state index contributed by atoms with van der Waals surface area (Å²) in [5.74, 6) is -0.277. The number of methoxy groups -OCH3 is 1. The Hall–Kier alpha value is -2.68. The summed E-state index contributed by atoms with van der Waals surface area (Å²) in [6.45, 7) is 2.95. The quantitative estimate of drug-likeness (QED) is 0.616. The van der Waals surface area contributed by atoms with Crippen molar-refractivity contribution in [3.8, 4) is 5.88 Å². The Balaban J connectivity index is 1.72. The first kappa shape index (κ1) is 19.1. The zero-order valence-electron chi connectivity index (χ0n) is 15.6. The average Bonchev–Trinajstić information content (AvgIpc) is 2.79. The van der Waals surface area contributed by atoms with Gasteiger partial charge in [0.05, 0.1) is 19.3 Å². The molecule has 1 atom stereocenters. The largest absolute Gasteiger partial charge is 0.481 e. The van der Waals surface area contributed by atoms with Crippen LogP contribution in [0.5, 0.6) is 5.88 Å². The number of hydrogen-bond acceptors (Lipinski definition) is 6. The van der Waals surface area contributed by atoms with Crippen LogP contribution in [0.25, 0.3) is 0 Å². The highest BCUT2D eigenvalue weighted by Gasteiger charge is 2.46. The van der Waals surface area contributed by atoms with Gasteiger partial charge in [-0.25, -0.2) is 9.78 Å². The molecule has 0 spiro atoms. The van der Waals surface area contributed by atoms with Crippen molar-refractivity contribution in [1.29, 1.82) is 0 Å². The number of rotatable bonds is 6. The number of carbonyl (C=O) groups excluding carboxylic acids is 3. The molecule has 1 aliphatic heterocycles. The Morgan fingerprint density at radius 2 is 2.15 bits per heavy atom. The van der Waals surface area contributed by atoms with Crippen LogP contribution in [0.3, 0.4) is 0 Å². The number of carbonyl (C=O) groups is 3. The molecule has 1 saturated carbocycles. The van der Waals surface area contributed by atoms with Crippen molar-refractivity contribution in [3.05, 3.63) is 23.9 Å². The van der Waals surface area contributed by atoms with E-state index in [0.717, 1.165) is 5.56 Å². The minimum absolute atomic E-state index is 0.0705. The molecule has 146 valence electrons. The van der Waals surface area contributed by atoms with Gasteiger partial charge in [0.1, 0.15) is 12.1 Å². The van der Waals surface area contributed by atoms with Gasteiger partial charge in [-0.15, -0.1) is 0 Å². The SMILES string of the molecule is COc1ccc(C(NC(=O)CN2C(=O)NC(=O)C2(C)C)C2CC(O)C2)cn1. The van der Waals surface area contributed by atoms with E-state index in [2.05, 4.69) is 15.6 Å². The zero-order chi connectivity index (χ0) is 19.8. The first-order chi connectivity index (χ1) is 12.7. The number of aromatic nitrogens is 1. The maximum atomic E-state index is 12.6. The maximum absolute atomic E-state index is 12.6. The van der Waals surface area contributed by atoms with E-state index < -0.39 is 17.5 Å². The molecule has 9 nitrogen and oxygen atoms in total. The second kappa shape index (κ2) is 7.15. The van der Waals surface area contributed by atoms with E-state index in [1.807, 2.05) is 6.07 Å². The highest BCUT2D eigenvalue weighted by atomic mass is 16.5. The van der Waals surface area contributed by atoms with Crippen molar-refractivity contribution in [3.63, 3.8) is 0 Å². The summed E-state index contributed by atoms with van der Waals surface area (Å²) in [5, 5.41) is 14.8. The zero-order valence-corrected chi connectivity index (χ0v) is 15.6. The van der Waals surface area contributed by atoms with Gasteiger partial charge in [-0.05, 0) is 38.2 Å². The molecule has 27 heavy (non-hydrogen) atoms. The Labute approximate surface area is 157 Å². The van der Waals surface area contributed by atoms with E-state index in [1.165, 1.54) is 12.0 Å². The van der Waals surface area contributed by atoms with Gasteiger partial charge >= 0.3 is 6.03 Å². The molecule has 3 rings (SSSR count). The van der Waals surface area contributed by atoms with Gasteiger partial charge in [0, 0.05) is 12.3 Å². The van der Waals surface area contributed by atoms with Crippen molar-refractivity contribution in [2.75, 3.05) is 13.7 Å². The van der Waals surface area contributed by atoms with E-state index in [1.54, 1.807) is 26.1 Å². The number of ether oxygens (including phenoxy) is 1. The van der Waals surface area contributed by atoms with Crippen LogP contribution in [0.15, 0.2) is 18.3 Å². The first-order valence-electron chi connectivity index (χ1n) is 8.82. The lowest BCUT2D eigenvalue weighted by molar-refractivity contribution is -0.127. The predicted octanol–water partition coefficient (Wildman–Crippen LogP) is 0.349. The fourth-order valence-electron chi connectivity index (χ4n) is 3.40. The van der Waals surface area contributed by atoms with Crippen LogP contribution >= 0.6 is 0 Å². The number of amides is 4. The minimum Gasteiger partial charge on any atom is -0.481 e. The number of imide groups is 1. The summed E-state index contributed by atoms with van der Waals surface area (Å²) in [6.07, 6.45) is 2.41. The highest BCUT2D eigenvalue weighted by molar-refractivity contribution is 6.07. The van der Waals surface area contributed by atoms with Crippen LogP contribution in [-0.4, -0.2) is 58.1 Å². The summed E-state index contributed by atoms with van der Waals surface area (Å²) in [5.41, 5.74) is -0.291. The number of aliphatic hydroxyl groups excluding tert-OH is 1. The van der Waals surface area contributed by atoms with Gasteiger partial charge < -0.3 is 20.1 Å². The molecule has 3 N–H and O–H groups in total. The maximum Gasteiger partial charge on any atom is 0.325 e. The van der Waals surface area contributed by atoms with Crippen LogP contribution in [0.2, 0.25) is 0 Å². The summed E-state index contributed by atoms with van der Waals surface area (Å²) >= 11 is 0.